The Balaban J connectivity index is 2.69. The van der Waals surface area contributed by atoms with Crippen LogP contribution in [0.25, 0.3) is 0 Å². The number of benzene rings is 1. The number of ketones is 1. The normalized spacial score (nSPS) is 13.2. The maximum atomic E-state index is 11.8. The molecule has 0 spiro atoms. The third-order valence-corrected chi connectivity index (χ3v) is 2.77. The van der Waals surface area contributed by atoms with E-state index in [9.17, 15) is 9.00 Å². The van der Waals surface area contributed by atoms with Gasteiger partial charge in [-0.1, -0.05) is 32.9 Å². The Kier molecular flexibility index (Phi) is 4.42. The third-order valence-electron chi connectivity index (χ3n) is 2.36. The van der Waals surface area contributed by atoms with Gasteiger partial charge in [0.15, 0.2) is 0 Å². The van der Waals surface area contributed by atoms with E-state index < -0.39 is 11.3 Å². The van der Waals surface area contributed by atoms with Crippen molar-refractivity contribution in [1.82, 2.24) is 0 Å². The lowest BCUT2D eigenvalue weighted by molar-refractivity contribution is -0.125. The molecule has 94 valence electrons. The SMILES string of the molecule is CC(C)(C)C(=O)Cc1ccc(NS(=O)O)cc1. The first-order valence-electron chi connectivity index (χ1n) is 5.29. The van der Waals surface area contributed by atoms with Gasteiger partial charge in [-0.15, -0.1) is 0 Å². The Morgan fingerprint density at radius 1 is 1.29 bits per heavy atom. The lowest BCUT2D eigenvalue weighted by atomic mass is 9.87. The average molecular weight is 255 g/mol. The Bertz CT molecular complexity index is 420. The van der Waals surface area contributed by atoms with Crippen molar-refractivity contribution in [2.45, 2.75) is 27.2 Å². The van der Waals surface area contributed by atoms with Crippen molar-refractivity contribution < 1.29 is 13.6 Å². The summed E-state index contributed by atoms with van der Waals surface area (Å²) in [5.41, 5.74) is 1.11. The molecule has 0 aliphatic heterocycles. The molecule has 0 bridgehead atoms. The molecule has 1 aromatic carbocycles. The molecule has 0 saturated carbocycles. The van der Waals surface area contributed by atoms with Crippen LogP contribution in [-0.4, -0.2) is 14.5 Å². The van der Waals surface area contributed by atoms with Crippen LogP contribution in [0.15, 0.2) is 24.3 Å². The molecule has 1 atom stereocenters. The number of rotatable bonds is 4. The Morgan fingerprint density at radius 3 is 2.24 bits per heavy atom. The van der Waals surface area contributed by atoms with Crippen LogP contribution in [0.3, 0.4) is 0 Å². The molecule has 0 aliphatic rings. The van der Waals surface area contributed by atoms with Gasteiger partial charge >= 0.3 is 0 Å². The highest BCUT2D eigenvalue weighted by Crippen LogP contribution is 2.18. The maximum Gasteiger partial charge on any atom is 0.259 e. The van der Waals surface area contributed by atoms with Gasteiger partial charge in [0.25, 0.3) is 11.3 Å². The number of anilines is 1. The van der Waals surface area contributed by atoms with Crippen molar-refractivity contribution >= 4 is 22.7 Å². The minimum absolute atomic E-state index is 0.170. The van der Waals surface area contributed by atoms with Gasteiger partial charge in [0, 0.05) is 17.5 Å². The maximum absolute atomic E-state index is 11.8. The number of hydrogen-bond acceptors (Lipinski definition) is 2. The van der Waals surface area contributed by atoms with Crippen LogP contribution in [-0.2, 0) is 22.5 Å². The molecule has 17 heavy (non-hydrogen) atoms. The van der Waals surface area contributed by atoms with E-state index in [0.29, 0.717) is 12.1 Å². The molecule has 1 aromatic rings. The topological polar surface area (TPSA) is 66.4 Å². The smallest absolute Gasteiger partial charge is 0.259 e. The number of hydrogen-bond donors (Lipinski definition) is 2. The van der Waals surface area contributed by atoms with E-state index in [1.54, 1.807) is 24.3 Å². The fourth-order valence-electron chi connectivity index (χ4n) is 1.24. The highest BCUT2D eigenvalue weighted by Gasteiger charge is 2.20. The molecular formula is C12H17NO3S. The summed E-state index contributed by atoms with van der Waals surface area (Å²) < 4.78 is 21.5. The predicted molar refractivity (Wildman–Crippen MR) is 69.0 cm³/mol. The molecule has 1 rings (SSSR count). The van der Waals surface area contributed by atoms with E-state index in [0.717, 1.165) is 5.56 Å². The predicted octanol–water partition coefficient (Wildman–Crippen LogP) is 2.39. The zero-order valence-corrected chi connectivity index (χ0v) is 11.0. The van der Waals surface area contributed by atoms with Crippen molar-refractivity contribution in [1.29, 1.82) is 0 Å². The molecule has 5 heteroatoms. The standard InChI is InChI=1S/C12H17NO3S/c1-12(2,3)11(14)8-9-4-6-10(7-5-9)13-17(15)16/h4-7,13H,8H2,1-3H3,(H,15,16). The van der Waals surface area contributed by atoms with Gasteiger partial charge in [0.05, 0.1) is 0 Å². The van der Waals surface area contributed by atoms with E-state index in [1.807, 2.05) is 20.8 Å². The van der Waals surface area contributed by atoms with Crippen molar-refractivity contribution in [3.63, 3.8) is 0 Å². The lowest BCUT2D eigenvalue weighted by Gasteiger charge is -2.16. The number of carbonyl (C=O) groups is 1. The van der Waals surface area contributed by atoms with E-state index in [4.69, 9.17) is 4.55 Å². The summed E-state index contributed by atoms with van der Waals surface area (Å²) in [4.78, 5) is 11.8. The monoisotopic (exact) mass is 255 g/mol. The summed E-state index contributed by atoms with van der Waals surface area (Å²) in [7, 11) is 0. The summed E-state index contributed by atoms with van der Waals surface area (Å²) in [6, 6.07) is 6.91. The van der Waals surface area contributed by atoms with Crippen molar-refractivity contribution in [3.05, 3.63) is 29.8 Å². The highest BCUT2D eigenvalue weighted by molar-refractivity contribution is 7.80. The zero-order valence-electron chi connectivity index (χ0n) is 10.2. The molecule has 0 fully saturated rings. The van der Waals surface area contributed by atoms with Crippen molar-refractivity contribution in [3.8, 4) is 0 Å². The first kappa shape index (κ1) is 13.9. The first-order valence-corrected chi connectivity index (χ1v) is 6.39. The van der Waals surface area contributed by atoms with Gasteiger partial charge in [-0.05, 0) is 17.7 Å². The molecule has 0 heterocycles. The van der Waals surface area contributed by atoms with Crippen LogP contribution >= 0.6 is 0 Å². The number of nitrogens with one attached hydrogen (secondary N) is 1. The van der Waals surface area contributed by atoms with Gasteiger partial charge in [-0.25, -0.2) is 4.21 Å². The van der Waals surface area contributed by atoms with E-state index in [2.05, 4.69) is 4.72 Å². The van der Waals surface area contributed by atoms with Crippen LogP contribution in [0, 0.1) is 5.41 Å². The van der Waals surface area contributed by atoms with Crippen LogP contribution < -0.4 is 4.72 Å². The molecule has 1 unspecified atom stereocenters. The van der Waals surface area contributed by atoms with Gasteiger partial charge in [0.2, 0.25) is 0 Å². The Morgan fingerprint density at radius 2 is 1.82 bits per heavy atom. The molecule has 0 saturated heterocycles. The Hall–Kier alpha value is -1.20. The van der Waals surface area contributed by atoms with Crippen LogP contribution in [0.4, 0.5) is 5.69 Å². The number of Topliss-reactive ketones (excluding diaryl/α,β-unsaturated/α-hetero) is 1. The quantitative estimate of drug-likeness (QED) is 0.812. The summed E-state index contributed by atoms with van der Waals surface area (Å²) in [6.45, 7) is 5.67. The third kappa shape index (κ3) is 4.66. The second-order valence-corrected chi connectivity index (χ2v) is 5.60. The van der Waals surface area contributed by atoms with E-state index in [1.165, 1.54) is 0 Å². The summed E-state index contributed by atoms with van der Waals surface area (Å²) in [5.74, 6) is 0.170. The molecule has 4 nitrogen and oxygen atoms in total. The number of carbonyl (C=O) groups excluding carboxylic acids is 1. The molecule has 0 amide bonds. The summed E-state index contributed by atoms with van der Waals surface area (Å²) >= 11 is -2.06. The van der Waals surface area contributed by atoms with Crippen molar-refractivity contribution in [2.75, 3.05) is 4.72 Å². The fraction of sp³-hybridized carbons (Fsp3) is 0.417. The van der Waals surface area contributed by atoms with Gasteiger partial charge in [-0.2, -0.15) is 0 Å². The van der Waals surface area contributed by atoms with Gasteiger partial charge in [0.1, 0.15) is 5.78 Å². The van der Waals surface area contributed by atoms with E-state index in [-0.39, 0.29) is 11.2 Å². The second-order valence-electron chi connectivity index (χ2n) is 4.90. The second kappa shape index (κ2) is 5.42. The lowest BCUT2D eigenvalue weighted by Crippen LogP contribution is -2.22. The van der Waals surface area contributed by atoms with Crippen LogP contribution in [0.1, 0.15) is 26.3 Å². The minimum atomic E-state index is -2.06. The zero-order chi connectivity index (χ0) is 13.1. The first-order chi connectivity index (χ1) is 7.79. The summed E-state index contributed by atoms with van der Waals surface area (Å²) in [5, 5.41) is 0. The molecule has 0 aliphatic carbocycles. The van der Waals surface area contributed by atoms with E-state index >= 15 is 0 Å². The molecule has 2 N–H and O–H groups in total. The summed E-state index contributed by atoms with van der Waals surface area (Å²) in [6.07, 6.45) is 0.381. The average Bonchev–Trinajstić information content (AvgIpc) is 2.18. The van der Waals surface area contributed by atoms with Crippen LogP contribution in [0.2, 0.25) is 0 Å². The highest BCUT2D eigenvalue weighted by atomic mass is 32.2. The molecule has 0 radical (unpaired) electrons. The Labute approximate surface area is 104 Å². The largest absolute Gasteiger partial charge is 0.299 e. The minimum Gasteiger partial charge on any atom is -0.299 e. The van der Waals surface area contributed by atoms with Gasteiger partial charge < -0.3 is 0 Å². The van der Waals surface area contributed by atoms with Crippen molar-refractivity contribution in [2.24, 2.45) is 5.41 Å². The molecular weight excluding hydrogens is 238 g/mol. The molecule has 0 aromatic heterocycles. The van der Waals surface area contributed by atoms with Crippen LogP contribution in [0.5, 0.6) is 0 Å². The van der Waals surface area contributed by atoms with Gasteiger partial charge in [-0.3, -0.25) is 14.1 Å². The fourth-order valence-corrected chi connectivity index (χ4v) is 1.58.